The summed E-state index contributed by atoms with van der Waals surface area (Å²) in [5.74, 6) is 6.12. The summed E-state index contributed by atoms with van der Waals surface area (Å²) in [6.07, 6.45) is 13.0. The molecular weight excluding hydrogens is 348 g/mol. The van der Waals surface area contributed by atoms with Crippen molar-refractivity contribution < 1.29 is 9.53 Å². The van der Waals surface area contributed by atoms with Crippen LogP contribution >= 0.6 is 0 Å². The van der Waals surface area contributed by atoms with Crippen LogP contribution in [-0.4, -0.2) is 23.7 Å². The van der Waals surface area contributed by atoms with Gasteiger partial charge in [-0.3, -0.25) is 4.98 Å². The molecule has 4 nitrogen and oxygen atoms in total. The Morgan fingerprint density at radius 1 is 1.14 bits per heavy atom. The van der Waals surface area contributed by atoms with Crippen LogP contribution in [0.1, 0.15) is 38.8 Å². The predicted octanol–water partition coefficient (Wildman–Crippen LogP) is 5.06. The number of nitrogens with one attached hydrogen (secondary N) is 1. The van der Waals surface area contributed by atoms with Gasteiger partial charge in [0.1, 0.15) is 6.61 Å². The molecule has 2 heterocycles. The van der Waals surface area contributed by atoms with Gasteiger partial charge in [-0.2, -0.15) is 0 Å². The van der Waals surface area contributed by atoms with Gasteiger partial charge >= 0.3 is 6.09 Å². The van der Waals surface area contributed by atoms with Crippen molar-refractivity contribution in [2.24, 2.45) is 0 Å². The number of carbonyl (C=O) groups excluding carboxylic acids is 1. The van der Waals surface area contributed by atoms with Crippen LogP contribution in [-0.2, 0) is 4.74 Å². The molecule has 1 aliphatic rings. The van der Waals surface area contributed by atoms with Gasteiger partial charge in [0.15, 0.2) is 0 Å². The Balaban J connectivity index is 0. The summed E-state index contributed by atoms with van der Waals surface area (Å²) in [4.78, 5) is 14.1. The first-order chi connectivity index (χ1) is 13.7. The zero-order chi connectivity index (χ0) is 21.6. The van der Waals surface area contributed by atoms with Gasteiger partial charge in [0.25, 0.3) is 0 Å². The Kier molecular flexibility index (Phi) is 18.9. The third-order valence-corrected chi connectivity index (χ3v) is 2.62. The van der Waals surface area contributed by atoms with Crippen LogP contribution in [0.25, 0.3) is 0 Å². The first kappa shape index (κ1) is 26.7. The molecule has 1 aliphatic heterocycles. The molecule has 0 spiro atoms. The van der Waals surface area contributed by atoms with E-state index < -0.39 is 0 Å². The Morgan fingerprint density at radius 3 is 2.07 bits per heavy atom. The molecule has 28 heavy (non-hydrogen) atoms. The average molecular weight is 379 g/mol. The van der Waals surface area contributed by atoms with Crippen LogP contribution in [0.4, 0.5) is 4.79 Å². The lowest BCUT2D eigenvalue weighted by molar-refractivity contribution is 0.177. The average Bonchev–Trinajstić information content (AvgIpc) is 3.15. The number of nitrogens with zero attached hydrogens (tertiary/aromatic N) is 1. The van der Waals surface area contributed by atoms with E-state index in [1.165, 1.54) is 0 Å². The van der Waals surface area contributed by atoms with Crippen molar-refractivity contribution in [2.45, 2.75) is 33.7 Å². The highest BCUT2D eigenvalue weighted by Crippen LogP contribution is 1.97. The van der Waals surface area contributed by atoms with E-state index in [9.17, 15) is 4.79 Å². The topological polar surface area (TPSA) is 51.2 Å². The third-order valence-electron chi connectivity index (χ3n) is 2.62. The highest BCUT2D eigenvalue weighted by molar-refractivity contribution is 5.69. The summed E-state index contributed by atoms with van der Waals surface area (Å²) in [5, 5.41) is 2.56. The predicted molar refractivity (Wildman–Crippen MR) is 118 cm³/mol. The molecule has 148 valence electrons. The lowest BCUT2D eigenvalue weighted by Gasteiger charge is -1.90. The van der Waals surface area contributed by atoms with E-state index >= 15 is 0 Å². The number of rotatable bonds is 0. The zero-order valence-corrected chi connectivity index (χ0v) is 17.2. The fourth-order valence-electron chi connectivity index (χ4n) is 1.59. The second kappa shape index (κ2) is 19.8. The minimum absolute atomic E-state index is 0.201. The lowest BCUT2D eigenvalue weighted by Crippen LogP contribution is -2.21. The molecule has 3 rings (SSSR count). The molecule has 0 aliphatic carbocycles. The van der Waals surface area contributed by atoms with Crippen molar-refractivity contribution in [3.8, 4) is 24.7 Å². The normalized spacial score (nSPS) is 12.5. The van der Waals surface area contributed by atoms with Crippen LogP contribution < -0.4 is 5.32 Å². The molecule has 0 unspecified atom stereocenters. The smallest absolute Gasteiger partial charge is 0.407 e. The lowest BCUT2D eigenvalue weighted by atomic mass is 10.2. The van der Waals surface area contributed by atoms with Crippen molar-refractivity contribution in [3.05, 3.63) is 78.6 Å². The Labute approximate surface area is 170 Å². The fraction of sp³-hybridized carbons (Fsp3) is 0.250. The summed E-state index contributed by atoms with van der Waals surface area (Å²) >= 11 is 0. The molecule has 1 saturated heterocycles. The van der Waals surface area contributed by atoms with Crippen LogP contribution in [0, 0.1) is 24.7 Å². The van der Waals surface area contributed by atoms with Gasteiger partial charge in [0.2, 0.25) is 0 Å². The minimum Gasteiger partial charge on any atom is -0.447 e. The van der Waals surface area contributed by atoms with E-state index in [-0.39, 0.29) is 12.1 Å². The zero-order valence-electron chi connectivity index (χ0n) is 17.2. The minimum atomic E-state index is -0.299. The summed E-state index contributed by atoms with van der Waals surface area (Å²) in [5.41, 5.74) is 1.97. The molecule has 1 fully saturated rings. The third kappa shape index (κ3) is 14.8. The number of pyridine rings is 1. The number of benzene rings is 1. The number of terminal acetylenes is 1. The van der Waals surface area contributed by atoms with Crippen molar-refractivity contribution in [1.29, 1.82) is 0 Å². The first-order valence-electron chi connectivity index (χ1n) is 8.96. The van der Waals surface area contributed by atoms with Gasteiger partial charge < -0.3 is 10.1 Å². The largest absolute Gasteiger partial charge is 0.447 e. The second-order valence-electron chi connectivity index (χ2n) is 4.91. The van der Waals surface area contributed by atoms with E-state index in [1.807, 2.05) is 70.2 Å². The monoisotopic (exact) mass is 378 g/mol. The van der Waals surface area contributed by atoms with E-state index in [0.717, 1.165) is 11.1 Å². The summed E-state index contributed by atoms with van der Waals surface area (Å²) in [6, 6.07) is 14.0. The van der Waals surface area contributed by atoms with Crippen molar-refractivity contribution in [1.82, 2.24) is 10.3 Å². The van der Waals surface area contributed by atoms with Gasteiger partial charge in [-0.25, -0.2) is 4.79 Å². The number of cyclic esters (lactones) is 1. The molecule has 4 heteroatoms. The van der Waals surface area contributed by atoms with Gasteiger partial charge in [-0.1, -0.05) is 50.0 Å². The quantitative estimate of drug-likeness (QED) is 0.515. The molecule has 1 aromatic carbocycles. The van der Waals surface area contributed by atoms with E-state index in [0.29, 0.717) is 6.61 Å². The number of hydrogen-bond acceptors (Lipinski definition) is 3. The highest BCUT2D eigenvalue weighted by Gasteiger charge is 2.15. The van der Waals surface area contributed by atoms with Crippen molar-refractivity contribution in [2.75, 3.05) is 6.61 Å². The number of hydrogen-bond donors (Lipinski definition) is 1. The number of alkyl carbamates (subject to hydrolysis) is 1. The van der Waals surface area contributed by atoms with Gasteiger partial charge in [-0.05, 0) is 38.1 Å². The van der Waals surface area contributed by atoms with Crippen molar-refractivity contribution >= 4 is 6.09 Å². The highest BCUT2D eigenvalue weighted by atomic mass is 16.6. The number of allylic oxidation sites excluding steroid dienone is 1. The van der Waals surface area contributed by atoms with Gasteiger partial charge in [0, 0.05) is 23.5 Å². The number of aromatic nitrogens is 1. The van der Waals surface area contributed by atoms with Crippen LogP contribution in [0.3, 0.4) is 0 Å². The molecular formula is C24H30N2O2. The second-order valence-corrected chi connectivity index (χ2v) is 4.91. The molecule has 2 aromatic rings. The van der Waals surface area contributed by atoms with Crippen molar-refractivity contribution in [3.63, 3.8) is 0 Å². The SMILES string of the molecule is C#C.C(#Cc1cccnc1)c1ccccc1.C=CC.CC.C[C@@H]1COC(=O)N1. The molecule has 1 aromatic heterocycles. The van der Waals surface area contributed by atoms with Gasteiger partial charge in [-0.15, -0.1) is 19.4 Å². The van der Waals surface area contributed by atoms with Crippen LogP contribution in [0.15, 0.2) is 67.5 Å². The van der Waals surface area contributed by atoms with Gasteiger partial charge in [0.05, 0.1) is 6.04 Å². The maximum absolute atomic E-state index is 10.1. The standard InChI is InChI=1S/C13H9N.C4H7NO2.C3H6.C2H6.C2H2/c1-2-5-12(6-3-1)8-9-13-7-4-10-14-11-13;1-3-2-7-4(6)5-3;1-3-2;2*1-2/h1-7,10-11H;3H,2H2,1H3,(H,5,6);3H,1H2,2H3;1-2H3;1-2H/t;3-;;;/m.1.../s1. The Hall–Kier alpha value is -3.50. The number of carbonyl (C=O) groups is 1. The maximum Gasteiger partial charge on any atom is 0.407 e. The fourth-order valence-corrected chi connectivity index (χ4v) is 1.59. The van der Waals surface area contributed by atoms with E-state index in [2.05, 4.69) is 46.3 Å². The van der Waals surface area contributed by atoms with E-state index in [4.69, 9.17) is 0 Å². The molecule has 0 bridgehead atoms. The maximum atomic E-state index is 10.1. The van der Waals surface area contributed by atoms with Crippen LogP contribution in [0.5, 0.6) is 0 Å². The Bertz CT molecular complexity index is 670. The first-order valence-corrected chi connectivity index (χ1v) is 8.96. The summed E-state index contributed by atoms with van der Waals surface area (Å²) in [7, 11) is 0. The Morgan fingerprint density at radius 2 is 1.68 bits per heavy atom. The summed E-state index contributed by atoms with van der Waals surface area (Å²) in [6.45, 7) is 11.7. The molecule has 0 radical (unpaired) electrons. The van der Waals surface area contributed by atoms with E-state index in [1.54, 1.807) is 18.5 Å². The molecule has 0 saturated carbocycles. The number of amides is 1. The molecule has 1 N–H and O–H groups in total. The summed E-state index contributed by atoms with van der Waals surface area (Å²) < 4.78 is 4.52. The van der Waals surface area contributed by atoms with Crippen LogP contribution in [0.2, 0.25) is 0 Å². The number of ether oxygens (including phenoxy) is 1. The molecule has 1 amide bonds. The molecule has 1 atom stereocenters.